The van der Waals surface area contributed by atoms with Crippen LogP contribution < -0.4 is 0 Å². The molecule has 0 saturated carbocycles. The van der Waals surface area contributed by atoms with Gasteiger partial charge in [-0.3, -0.25) is 0 Å². The molecule has 0 fully saturated rings. The Kier molecular flexibility index (Phi) is 6.19. The molecule has 0 amide bonds. The second-order valence-corrected chi connectivity index (χ2v) is 13.5. The van der Waals surface area contributed by atoms with Gasteiger partial charge in [0.2, 0.25) is 0 Å². The molecule has 0 aromatic carbocycles. The Morgan fingerprint density at radius 1 is 1.08 bits per heavy atom. The lowest BCUT2D eigenvalue weighted by atomic mass is 10.6. The molecule has 73 valence electrons. The first kappa shape index (κ1) is 12.4. The van der Waals surface area contributed by atoms with Crippen LogP contribution in [-0.4, -0.2) is 16.9 Å². The van der Waals surface area contributed by atoms with Crippen molar-refractivity contribution in [3.05, 3.63) is 0 Å². The van der Waals surface area contributed by atoms with Gasteiger partial charge in [-0.1, -0.05) is 64.1 Å². The van der Waals surface area contributed by atoms with Gasteiger partial charge in [0.05, 0.1) is 0 Å². The molecule has 0 N–H and O–H groups in total. The molecule has 0 aliphatic carbocycles. The van der Waals surface area contributed by atoms with Gasteiger partial charge in [-0.2, -0.15) is 0 Å². The van der Waals surface area contributed by atoms with Gasteiger partial charge in [-0.15, -0.1) is 0 Å². The minimum absolute atomic E-state index is 0.0422. The minimum Gasteiger partial charge on any atom is -0.0713 e. The summed E-state index contributed by atoms with van der Waals surface area (Å²) < 4.78 is 0. The van der Waals surface area contributed by atoms with Crippen LogP contribution in [0.2, 0.25) is 37.4 Å². The maximum Gasteiger partial charge on any atom is 0.0445 e. The molecule has 0 spiro atoms. The summed E-state index contributed by atoms with van der Waals surface area (Å²) in [5.41, 5.74) is 1.64. The topological polar surface area (TPSA) is 0 Å². The zero-order chi connectivity index (χ0) is 9.61. The van der Waals surface area contributed by atoms with Crippen LogP contribution in [-0.2, 0) is 0 Å². The van der Waals surface area contributed by atoms with Crippen LogP contribution in [0.4, 0.5) is 0 Å². The van der Waals surface area contributed by atoms with Gasteiger partial charge in [0.1, 0.15) is 0 Å². The van der Waals surface area contributed by atoms with Crippen molar-refractivity contribution in [1.29, 1.82) is 0 Å². The second kappa shape index (κ2) is 5.97. The second-order valence-electron chi connectivity index (χ2n) is 4.80. The highest BCUT2D eigenvalue weighted by atomic mass is 28.4. The van der Waals surface area contributed by atoms with Crippen molar-refractivity contribution in [3.63, 3.8) is 0 Å². The quantitative estimate of drug-likeness (QED) is 0.566. The molecule has 0 unspecified atom stereocenters. The highest BCUT2D eigenvalue weighted by Crippen LogP contribution is 2.20. The van der Waals surface area contributed by atoms with E-state index < -0.39 is 8.07 Å². The van der Waals surface area contributed by atoms with Crippen LogP contribution in [0, 0.1) is 0 Å². The highest BCUT2D eigenvalue weighted by molar-refractivity contribution is 6.88. The third-order valence-electron chi connectivity index (χ3n) is 2.38. The molecule has 0 aromatic heterocycles. The lowest BCUT2D eigenvalue weighted by Gasteiger charge is -2.24. The molecule has 0 aliphatic rings. The molecule has 0 aromatic rings. The van der Waals surface area contributed by atoms with E-state index >= 15 is 0 Å². The number of hydrogen-bond donors (Lipinski definition) is 0. The van der Waals surface area contributed by atoms with Gasteiger partial charge in [-0.25, -0.2) is 0 Å². The Balaban J connectivity index is 3.70. The van der Waals surface area contributed by atoms with Crippen molar-refractivity contribution >= 4 is 16.9 Å². The van der Waals surface area contributed by atoms with E-state index in [1.165, 1.54) is 18.9 Å². The average Bonchev–Trinajstić information content (AvgIpc) is 1.85. The molecule has 0 bridgehead atoms. The van der Waals surface area contributed by atoms with Crippen LogP contribution >= 0.6 is 0 Å². The summed E-state index contributed by atoms with van der Waals surface area (Å²) in [5.74, 6) is 0. The summed E-state index contributed by atoms with van der Waals surface area (Å²) in [6, 6.07) is 3.07. The van der Waals surface area contributed by atoms with Crippen molar-refractivity contribution in [1.82, 2.24) is 0 Å². The largest absolute Gasteiger partial charge is 0.0713 e. The summed E-state index contributed by atoms with van der Waals surface area (Å²) in [6.07, 6.45) is 2.81. The van der Waals surface area contributed by atoms with Crippen LogP contribution in [0.5, 0.6) is 0 Å². The van der Waals surface area contributed by atoms with Crippen LogP contribution in [0.15, 0.2) is 0 Å². The van der Waals surface area contributed by atoms with Crippen molar-refractivity contribution < 1.29 is 0 Å². The van der Waals surface area contributed by atoms with Crippen molar-refractivity contribution in [2.45, 2.75) is 64.1 Å². The van der Waals surface area contributed by atoms with Crippen molar-refractivity contribution in [2.24, 2.45) is 0 Å². The summed E-state index contributed by atoms with van der Waals surface area (Å²) in [5, 5.41) is 0. The molecular weight excluding hydrogens is 176 g/mol. The monoisotopic (exact) mass is 201 g/mol. The normalized spacial score (nSPS) is 12.5. The summed E-state index contributed by atoms with van der Waals surface area (Å²) in [6.45, 7) is 12.3. The number of hydrogen-bond acceptors (Lipinski definition) is 0. The Hall–Kier alpha value is 0.434. The first-order valence-electron chi connectivity index (χ1n) is 5.33. The molecule has 0 saturated heterocycles. The molecule has 0 nitrogen and oxygen atoms in total. The first-order valence-corrected chi connectivity index (χ1v) is 11.2. The van der Waals surface area contributed by atoms with E-state index in [2.05, 4.69) is 33.5 Å². The molecule has 2 heteroatoms. The zero-order valence-electron chi connectivity index (χ0n) is 9.54. The zero-order valence-corrected chi connectivity index (χ0v) is 11.5. The SMILES string of the molecule is CCC[Si](C)C[Si](C)(C)CCC. The molecule has 0 atom stereocenters. The molecular formula is C10H25Si2. The third-order valence-corrected chi connectivity index (χ3v) is 11.8. The molecule has 12 heavy (non-hydrogen) atoms. The average molecular weight is 201 g/mol. The Morgan fingerprint density at radius 3 is 2.08 bits per heavy atom. The molecule has 0 rings (SSSR count). The van der Waals surface area contributed by atoms with E-state index in [0.717, 1.165) is 0 Å². The standard InChI is InChI=1S/C10H25Si2/c1-6-8-11(3)10-12(4,5)9-7-2/h6-10H2,1-5H3. The van der Waals surface area contributed by atoms with E-state index in [9.17, 15) is 0 Å². The lowest BCUT2D eigenvalue weighted by Crippen LogP contribution is -2.31. The molecule has 0 heterocycles. The van der Waals surface area contributed by atoms with Gasteiger partial charge >= 0.3 is 0 Å². The fourth-order valence-electron chi connectivity index (χ4n) is 2.10. The van der Waals surface area contributed by atoms with Gasteiger partial charge in [0, 0.05) is 16.9 Å². The van der Waals surface area contributed by atoms with E-state index in [1.807, 2.05) is 0 Å². The minimum atomic E-state index is -0.758. The van der Waals surface area contributed by atoms with Gasteiger partial charge < -0.3 is 0 Å². The fourth-order valence-corrected chi connectivity index (χ4v) is 12.3. The van der Waals surface area contributed by atoms with Crippen molar-refractivity contribution in [2.75, 3.05) is 0 Å². The highest BCUT2D eigenvalue weighted by Gasteiger charge is 2.22. The first-order chi connectivity index (χ1) is 5.52. The third kappa shape index (κ3) is 6.01. The smallest absolute Gasteiger partial charge is 0.0445 e. The van der Waals surface area contributed by atoms with Gasteiger partial charge in [0.15, 0.2) is 0 Å². The van der Waals surface area contributed by atoms with E-state index in [1.54, 1.807) is 11.7 Å². The van der Waals surface area contributed by atoms with Gasteiger partial charge in [-0.05, 0) is 0 Å². The van der Waals surface area contributed by atoms with E-state index in [0.29, 0.717) is 0 Å². The number of rotatable bonds is 6. The maximum absolute atomic E-state index is 2.57. The predicted octanol–water partition coefficient (Wildman–Crippen LogP) is 4.18. The lowest BCUT2D eigenvalue weighted by molar-refractivity contribution is 1.03. The Morgan fingerprint density at radius 2 is 1.67 bits per heavy atom. The van der Waals surface area contributed by atoms with Gasteiger partial charge in [0.25, 0.3) is 0 Å². The maximum atomic E-state index is 2.57. The van der Waals surface area contributed by atoms with Crippen LogP contribution in [0.25, 0.3) is 0 Å². The molecule has 0 aliphatic heterocycles. The summed E-state index contributed by atoms with van der Waals surface area (Å²) in [7, 11) is -0.716. The Labute approximate surface area is 81.4 Å². The van der Waals surface area contributed by atoms with Crippen LogP contribution in [0.3, 0.4) is 0 Å². The predicted molar refractivity (Wildman–Crippen MR) is 64.1 cm³/mol. The fraction of sp³-hybridized carbons (Fsp3) is 1.00. The van der Waals surface area contributed by atoms with E-state index in [4.69, 9.17) is 0 Å². The van der Waals surface area contributed by atoms with Crippen molar-refractivity contribution in [3.8, 4) is 0 Å². The summed E-state index contributed by atoms with van der Waals surface area (Å²) in [4.78, 5) is 0. The van der Waals surface area contributed by atoms with Crippen LogP contribution in [0.1, 0.15) is 26.7 Å². The molecule has 1 radical (unpaired) electrons. The Bertz CT molecular complexity index is 110. The summed E-state index contributed by atoms with van der Waals surface area (Å²) >= 11 is 0. The van der Waals surface area contributed by atoms with E-state index in [-0.39, 0.29) is 8.80 Å².